The Labute approximate surface area is 133 Å². The number of hydrogen-bond donors (Lipinski definition) is 2. The first-order chi connectivity index (χ1) is 10.3. The van der Waals surface area contributed by atoms with Crippen molar-refractivity contribution in [2.75, 3.05) is 24.5 Å². The van der Waals surface area contributed by atoms with Crippen molar-refractivity contribution in [3.63, 3.8) is 0 Å². The van der Waals surface area contributed by atoms with Gasteiger partial charge in [0, 0.05) is 19.6 Å². The number of nitrogens with zero attached hydrogens (tertiary/aromatic N) is 4. The summed E-state index contributed by atoms with van der Waals surface area (Å²) in [4.78, 5) is 6.50. The number of halogens is 1. The number of hydrogen-bond acceptors (Lipinski definition) is 5. The third kappa shape index (κ3) is 3.02. The van der Waals surface area contributed by atoms with Crippen molar-refractivity contribution in [2.24, 2.45) is 11.1 Å². The third-order valence-electron chi connectivity index (χ3n) is 3.79. The van der Waals surface area contributed by atoms with Gasteiger partial charge in [-0.2, -0.15) is 13.5 Å². The second-order valence-electron chi connectivity index (χ2n) is 5.49. The number of anilines is 1. The van der Waals surface area contributed by atoms with Gasteiger partial charge in [0.2, 0.25) is 0 Å². The lowest BCUT2D eigenvalue weighted by Gasteiger charge is -2.40. The highest BCUT2D eigenvalue weighted by Crippen LogP contribution is 2.31. The molecular weight excluding hydrogens is 328 g/mol. The Hall–Kier alpha value is -1.42. The second-order valence-corrected chi connectivity index (χ2v) is 7.26. The van der Waals surface area contributed by atoms with Crippen molar-refractivity contribution >= 4 is 33.1 Å². The third-order valence-corrected chi connectivity index (χ3v) is 4.67. The Morgan fingerprint density at radius 2 is 2.23 bits per heavy atom. The average Bonchev–Trinajstić information content (AvgIpc) is 2.67. The van der Waals surface area contributed by atoms with E-state index in [2.05, 4.69) is 19.7 Å². The summed E-state index contributed by atoms with van der Waals surface area (Å²) in [6.45, 7) is 3.97. The van der Waals surface area contributed by atoms with Gasteiger partial charge in [0.25, 0.3) is 10.2 Å². The van der Waals surface area contributed by atoms with Gasteiger partial charge in [0.05, 0.1) is 0 Å². The number of fused-ring (bicyclic) bond motifs is 1. The van der Waals surface area contributed by atoms with Crippen LogP contribution in [-0.2, 0) is 10.2 Å². The Morgan fingerprint density at radius 1 is 1.50 bits per heavy atom. The molecule has 120 valence electrons. The van der Waals surface area contributed by atoms with E-state index in [1.54, 1.807) is 4.52 Å². The van der Waals surface area contributed by atoms with Crippen LogP contribution in [0.25, 0.3) is 5.52 Å². The van der Waals surface area contributed by atoms with Gasteiger partial charge >= 0.3 is 0 Å². The van der Waals surface area contributed by atoms with E-state index in [1.807, 2.05) is 13.0 Å². The van der Waals surface area contributed by atoms with E-state index < -0.39 is 10.2 Å². The molecule has 0 atom stereocenters. The molecule has 8 nitrogen and oxygen atoms in total. The fourth-order valence-electron chi connectivity index (χ4n) is 2.72. The Kier molecular flexibility index (Phi) is 3.98. The molecule has 0 aromatic carbocycles. The van der Waals surface area contributed by atoms with Crippen molar-refractivity contribution in [2.45, 2.75) is 13.3 Å². The molecule has 2 aromatic rings. The maximum atomic E-state index is 10.8. The summed E-state index contributed by atoms with van der Waals surface area (Å²) >= 11 is 6.13. The van der Waals surface area contributed by atoms with Crippen LogP contribution in [-0.4, -0.2) is 42.7 Å². The normalized spacial score (nSPS) is 16.2. The van der Waals surface area contributed by atoms with Crippen molar-refractivity contribution in [3.05, 3.63) is 23.1 Å². The van der Waals surface area contributed by atoms with Crippen LogP contribution in [0.4, 0.5) is 5.82 Å². The van der Waals surface area contributed by atoms with Crippen LogP contribution in [0.5, 0.6) is 0 Å². The first kappa shape index (κ1) is 15.5. The molecule has 3 N–H and O–H groups in total. The van der Waals surface area contributed by atoms with E-state index >= 15 is 0 Å². The number of rotatable bonds is 5. The molecule has 1 fully saturated rings. The highest BCUT2D eigenvalue weighted by molar-refractivity contribution is 7.87. The molecule has 0 radical (unpaired) electrons. The maximum Gasteiger partial charge on any atom is 0.274 e. The minimum Gasteiger partial charge on any atom is -0.354 e. The summed E-state index contributed by atoms with van der Waals surface area (Å²) in [5, 5.41) is 9.61. The molecule has 10 heteroatoms. The van der Waals surface area contributed by atoms with Crippen molar-refractivity contribution in [1.29, 1.82) is 0 Å². The maximum absolute atomic E-state index is 10.8. The van der Waals surface area contributed by atoms with E-state index in [9.17, 15) is 8.42 Å². The topological polar surface area (TPSA) is 106 Å². The lowest BCUT2D eigenvalue weighted by atomic mass is 9.96. The van der Waals surface area contributed by atoms with Crippen molar-refractivity contribution < 1.29 is 8.42 Å². The molecule has 3 rings (SSSR count). The predicted octanol–water partition coefficient (Wildman–Crippen LogP) is 0.311. The van der Waals surface area contributed by atoms with Gasteiger partial charge in [-0.15, -0.1) is 0 Å². The van der Waals surface area contributed by atoms with Crippen LogP contribution in [0.1, 0.15) is 12.0 Å². The summed E-state index contributed by atoms with van der Waals surface area (Å²) in [7, 11) is -3.60. The van der Waals surface area contributed by atoms with E-state index in [0.717, 1.165) is 36.4 Å². The summed E-state index contributed by atoms with van der Waals surface area (Å²) in [5.74, 6) is 1.27. The molecule has 0 aliphatic carbocycles. The molecule has 1 aliphatic rings. The largest absolute Gasteiger partial charge is 0.354 e. The minimum atomic E-state index is -3.60. The van der Waals surface area contributed by atoms with Gasteiger partial charge < -0.3 is 4.90 Å². The average molecular weight is 345 g/mol. The standard InChI is InChI=1S/C12H17ClN6O2S/c1-8-4-10(13)19-11(8)12(15-7-16-19)18-5-9(6-18)2-3-17-22(14,20)21/h4,7,9,17H,2-3,5-6H2,1H3,(H2,14,20,21). The van der Waals surface area contributed by atoms with Gasteiger partial charge in [-0.25, -0.2) is 19.4 Å². The van der Waals surface area contributed by atoms with Crippen molar-refractivity contribution in [1.82, 2.24) is 19.3 Å². The monoisotopic (exact) mass is 344 g/mol. The van der Waals surface area contributed by atoms with Crippen LogP contribution >= 0.6 is 11.6 Å². The highest BCUT2D eigenvalue weighted by Gasteiger charge is 2.29. The molecule has 0 amide bonds. The van der Waals surface area contributed by atoms with Gasteiger partial charge in [-0.05, 0) is 30.9 Å². The quantitative estimate of drug-likeness (QED) is 0.812. The molecule has 0 bridgehead atoms. The molecule has 0 spiro atoms. The lowest BCUT2D eigenvalue weighted by molar-refractivity contribution is 0.382. The Balaban J connectivity index is 1.66. The van der Waals surface area contributed by atoms with Crippen LogP contribution in [0.2, 0.25) is 5.15 Å². The molecule has 0 saturated carbocycles. The van der Waals surface area contributed by atoms with E-state index in [0.29, 0.717) is 17.6 Å². The number of nitrogens with one attached hydrogen (secondary N) is 1. The highest BCUT2D eigenvalue weighted by atomic mass is 35.5. The molecule has 2 aromatic heterocycles. The predicted molar refractivity (Wildman–Crippen MR) is 84.2 cm³/mol. The summed E-state index contributed by atoms with van der Waals surface area (Å²) < 4.78 is 25.6. The van der Waals surface area contributed by atoms with Gasteiger partial charge in [0.1, 0.15) is 17.0 Å². The number of aromatic nitrogens is 3. The van der Waals surface area contributed by atoms with Crippen LogP contribution in [0.15, 0.2) is 12.4 Å². The van der Waals surface area contributed by atoms with Gasteiger partial charge in [0.15, 0.2) is 5.82 Å². The number of nitrogens with two attached hydrogens (primary N) is 1. The first-order valence-corrected chi connectivity index (χ1v) is 8.79. The Morgan fingerprint density at radius 3 is 2.91 bits per heavy atom. The van der Waals surface area contributed by atoms with Gasteiger partial charge in [-0.1, -0.05) is 11.6 Å². The summed E-state index contributed by atoms with van der Waals surface area (Å²) in [5.41, 5.74) is 1.94. The lowest BCUT2D eigenvalue weighted by Crippen LogP contribution is -2.48. The zero-order valence-electron chi connectivity index (χ0n) is 12.0. The zero-order valence-corrected chi connectivity index (χ0v) is 13.6. The summed E-state index contributed by atoms with van der Waals surface area (Å²) in [6.07, 6.45) is 2.23. The Bertz CT molecular complexity index is 799. The molecule has 1 aliphatic heterocycles. The minimum absolute atomic E-state index is 0.354. The van der Waals surface area contributed by atoms with Crippen LogP contribution in [0.3, 0.4) is 0 Å². The van der Waals surface area contributed by atoms with E-state index in [1.165, 1.54) is 6.33 Å². The van der Waals surface area contributed by atoms with Crippen molar-refractivity contribution in [3.8, 4) is 0 Å². The van der Waals surface area contributed by atoms with E-state index in [-0.39, 0.29) is 0 Å². The smallest absolute Gasteiger partial charge is 0.274 e. The molecule has 22 heavy (non-hydrogen) atoms. The SMILES string of the molecule is Cc1cc(Cl)n2ncnc(N3CC(CCNS(N)(=O)=O)C3)c12. The first-order valence-electron chi connectivity index (χ1n) is 6.86. The number of aryl methyl sites for hydroxylation is 1. The van der Waals surface area contributed by atoms with Crippen LogP contribution < -0.4 is 14.8 Å². The van der Waals surface area contributed by atoms with E-state index in [4.69, 9.17) is 16.7 Å². The van der Waals surface area contributed by atoms with Crippen LogP contribution in [0, 0.1) is 12.8 Å². The summed E-state index contributed by atoms with van der Waals surface area (Å²) in [6, 6.07) is 1.86. The molecule has 0 unspecified atom stereocenters. The zero-order chi connectivity index (χ0) is 15.9. The second kappa shape index (κ2) is 5.65. The molecule has 1 saturated heterocycles. The molecular formula is C12H17ClN6O2S. The fourth-order valence-corrected chi connectivity index (χ4v) is 3.42. The fraction of sp³-hybridized carbons (Fsp3) is 0.500. The molecule has 3 heterocycles. The van der Waals surface area contributed by atoms with Gasteiger partial charge in [-0.3, -0.25) is 0 Å².